The summed E-state index contributed by atoms with van der Waals surface area (Å²) in [6.07, 6.45) is 0.213. The van der Waals surface area contributed by atoms with Gasteiger partial charge in [-0.25, -0.2) is 8.42 Å². The number of non-ortho nitro benzene ring substituents is 1. The molecule has 122 valence electrons. The van der Waals surface area contributed by atoms with E-state index < -0.39 is 27.0 Å². The molecule has 1 aromatic carbocycles. The lowest BCUT2D eigenvalue weighted by molar-refractivity contribution is -0.384. The number of sulfonamides is 1. The summed E-state index contributed by atoms with van der Waals surface area (Å²) in [7, 11) is -3.98. The van der Waals surface area contributed by atoms with E-state index in [-0.39, 0.29) is 23.6 Å². The normalized spacial score (nSPS) is 12.6. The molecule has 1 rings (SSSR count). The third kappa shape index (κ3) is 5.04. The molecule has 0 amide bonds. The van der Waals surface area contributed by atoms with Gasteiger partial charge in [-0.05, 0) is 25.5 Å². The number of nitrogens with one attached hydrogen (secondary N) is 1. The van der Waals surface area contributed by atoms with E-state index in [0.717, 1.165) is 24.3 Å². The number of carbonyl (C=O) groups excluding carboxylic acids is 1. The Hall–Kier alpha value is -1.52. The van der Waals surface area contributed by atoms with Crippen LogP contribution in [0.4, 0.5) is 5.69 Å². The second-order valence-electron chi connectivity index (χ2n) is 4.15. The smallest absolute Gasteiger partial charge is 0.324 e. The van der Waals surface area contributed by atoms with Crippen molar-refractivity contribution in [3.63, 3.8) is 0 Å². The molecular formula is C12H15BrN2O6S. The SMILES string of the molecule is CCOC(=O)[C@H](CCBr)NS(=O)(=O)c1ccc([N+](=O)[O-])cc1. The maximum Gasteiger partial charge on any atom is 0.324 e. The first-order valence-electron chi connectivity index (χ1n) is 6.31. The minimum atomic E-state index is -3.98. The minimum Gasteiger partial charge on any atom is -0.465 e. The first kappa shape index (κ1) is 18.5. The number of esters is 1. The molecule has 8 nitrogen and oxygen atoms in total. The van der Waals surface area contributed by atoms with Gasteiger partial charge in [-0.15, -0.1) is 0 Å². The van der Waals surface area contributed by atoms with Crippen LogP contribution in [0.15, 0.2) is 29.2 Å². The predicted molar refractivity (Wildman–Crippen MR) is 82.2 cm³/mol. The summed E-state index contributed by atoms with van der Waals surface area (Å²) in [5.74, 6) is -0.674. The lowest BCUT2D eigenvalue weighted by Gasteiger charge is -2.16. The summed E-state index contributed by atoms with van der Waals surface area (Å²) in [6.45, 7) is 1.75. The van der Waals surface area contributed by atoms with Gasteiger partial charge in [0.05, 0.1) is 16.4 Å². The number of nitro groups is 1. The monoisotopic (exact) mass is 394 g/mol. The van der Waals surface area contributed by atoms with Gasteiger partial charge in [0.15, 0.2) is 0 Å². The summed E-state index contributed by atoms with van der Waals surface area (Å²) in [6, 6.07) is 3.35. The Kier molecular flexibility index (Phi) is 6.91. The molecule has 0 saturated carbocycles. The van der Waals surface area contributed by atoms with Gasteiger partial charge >= 0.3 is 5.97 Å². The third-order valence-corrected chi connectivity index (χ3v) is 4.57. The zero-order chi connectivity index (χ0) is 16.8. The van der Waals surface area contributed by atoms with Gasteiger partial charge in [-0.3, -0.25) is 14.9 Å². The maximum atomic E-state index is 12.2. The summed E-state index contributed by atoms with van der Waals surface area (Å²) < 4.78 is 31.5. The van der Waals surface area contributed by atoms with E-state index in [0.29, 0.717) is 5.33 Å². The molecule has 1 N–H and O–H groups in total. The Morgan fingerprint density at radius 3 is 2.45 bits per heavy atom. The van der Waals surface area contributed by atoms with Crippen LogP contribution in [-0.4, -0.2) is 37.3 Å². The zero-order valence-electron chi connectivity index (χ0n) is 11.7. The van der Waals surface area contributed by atoms with Crippen LogP contribution in [0.5, 0.6) is 0 Å². The van der Waals surface area contributed by atoms with E-state index in [1.54, 1.807) is 6.92 Å². The topological polar surface area (TPSA) is 116 Å². The largest absolute Gasteiger partial charge is 0.465 e. The van der Waals surface area contributed by atoms with Crippen LogP contribution >= 0.6 is 15.9 Å². The fourth-order valence-electron chi connectivity index (χ4n) is 1.58. The quantitative estimate of drug-likeness (QED) is 0.309. The van der Waals surface area contributed by atoms with Crippen LogP contribution in [0.3, 0.4) is 0 Å². The van der Waals surface area contributed by atoms with Crippen molar-refractivity contribution in [1.82, 2.24) is 4.72 Å². The number of alkyl halides is 1. The molecule has 0 aliphatic carbocycles. The van der Waals surface area contributed by atoms with Crippen molar-refractivity contribution >= 4 is 37.6 Å². The second kappa shape index (κ2) is 8.20. The molecular weight excluding hydrogens is 380 g/mol. The summed E-state index contributed by atoms with van der Waals surface area (Å²) in [5, 5.41) is 11.0. The van der Waals surface area contributed by atoms with Crippen LogP contribution in [0.25, 0.3) is 0 Å². The summed E-state index contributed by atoms with van der Waals surface area (Å²) in [5.41, 5.74) is -0.221. The molecule has 0 saturated heterocycles. The number of hydrogen-bond donors (Lipinski definition) is 1. The van der Waals surface area contributed by atoms with E-state index in [1.807, 2.05) is 0 Å². The van der Waals surface area contributed by atoms with Crippen molar-refractivity contribution in [1.29, 1.82) is 0 Å². The molecule has 0 aliphatic rings. The van der Waals surface area contributed by atoms with Gasteiger partial charge in [0.25, 0.3) is 5.69 Å². The van der Waals surface area contributed by atoms with Crippen LogP contribution in [0, 0.1) is 10.1 Å². The van der Waals surface area contributed by atoms with Gasteiger partial charge in [0.2, 0.25) is 10.0 Å². The van der Waals surface area contributed by atoms with Crippen molar-refractivity contribution in [3.05, 3.63) is 34.4 Å². The van der Waals surface area contributed by atoms with E-state index in [1.165, 1.54) is 0 Å². The Morgan fingerprint density at radius 1 is 1.41 bits per heavy atom. The Balaban J connectivity index is 2.96. The molecule has 0 bridgehead atoms. The minimum absolute atomic E-state index is 0.136. The van der Waals surface area contributed by atoms with E-state index in [2.05, 4.69) is 20.7 Å². The Morgan fingerprint density at radius 2 is 2.00 bits per heavy atom. The summed E-state index contributed by atoms with van der Waals surface area (Å²) >= 11 is 3.14. The number of halogens is 1. The number of nitrogens with zero attached hydrogens (tertiary/aromatic N) is 1. The van der Waals surface area contributed by atoms with E-state index in [4.69, 9.17) is 4.74 Å². The average molecular weight is 395 g/mol. The fraction of sp³-hybridized carbons (Fsp3) is 0.417. The highest BCUT2D eigenvalue weighted by atomic mass is 79.9. The number of ether oxygens (including phenoxy) is 1. The number of hydrogen-bond acceptors (Lipinski definition) is 6. The Labute approximate surface area is 136 Å². The second-order valence-corrected chi connectivity index (χ2v) is 6.66. The fourth-order valence-corrected chi connectivity index (χ4v) is 3.26. The van der Waals surface area contributed by atoms with Crippen molar-refractivity contribution in [2.24, 2.45) is 0 Å². The molecule has 0 aliphatic heterocycles. The molecule has 22 heavy (non-hydrogen) atoms. The average Bonchev–Trinajstić information content (AvgIpc) is 2.47. The molecule has 1 atom stereocenters. The molecule has 10 heteroatoms. The highest BCUT2D eigenvalue weighted by Crippen LogP contribution is 2.16. The van der Waals surface area contributed by atoms with Crippen LogP contribution in [0.2, 0.25) is 0 Å². The van der Waals surface area contributed by atoms with Crippen molar-refractivity contribution < 1.29 is 22.9 Å². The number of rotatable bonds is 8. The van der Waals surface area contributed by atoms with Gasteiger partial charge in [-0.1, -0.05) is 15.9 Å². The molecule has 0 aromatic heterocycles. The molecule has 0 fully saturated rings. The van der Waals surface area contributed by atoms with E-state index in [9.17, 15) is 23.3 Å². The molecule has 0 unspecified atom stereocenters. The number of benzene rings is 1. The molecule has 0 radical (unpaired) electrons. The van der Waals surface area contributed by atoms with Crippen molar-refractivity contribution in [2.45, 2.75) is 24.3 Å². The van der Waals surface area contributed by atoms with Crippen molar-refractivity contribution in [3.8, 4) is 0 Å². The van der Waals surface area contributed by atoms with Gasteiger partial charge < -0.3 is 4.74 Å². The van der Waals surface area contributed by atoms with Crippen molar-refractivity contribution in [2.75, 3.05) is 11.9 Å². The molecule has 0 spiro atoms. The van der Waals surface area contributed by atoms with Crippen LogP contribution in [0.1, 0.15) is 13.3 Å². The van der Waals surface area contributed by atoms with Crippen LogP contribution < -0.4 is 4.72 Å². The highest BCUT2D eigenvalue weighted by Gasteiger charge is 2.26. The molecule has 1 aromatic rings. The first-order chi connectivity index (χ1) is 10.3. The van der Waals surface area contributed by atoms with Gasteiger partial charge in [0, 0.05) is 17.5 Å². The first-order valence-corrected chi connectivity index (χ1v) is 8.91. The molecule has 0 heterocycles. The predicted octanol–water partition coefficient (Wildman–Crippen LogP) is 1.59. The zero-order valence-corrected chi connectivity index (χ0v) is 14.1. The van der Waals surface area contributed by atoms with E-state index >= 15 is 0 Å². The highest BCUT2D eigenvalue weighted by molar-refractivity contribution is 9.09. The maximum absolute atomic E-state index is 12.2. The summed E-state index contributed by atoms with van der Waals surface area (Å²) in [4.78, 5) is 21.5. The lowest BCUT2D eigenvalue weighted by atomic mass is 10.2. The lowest BCUT2D eigenvalue weighted by Crippen LogP contribution is -2.42. The number of nitro benzene ring substituents is 1. The standard InChI is InChI=1S/C12H15BrN2O6S/c1-2-21-12(16)11(7-8-13)14-22(19,20)10-5-3-9(4-6-10)15(17)18/h3-6,11,14H,2,7-8H2,1H3/t11-/m0/s1. The number of carbonyl (C=O) groups is 1. The van der Waals surface area contributed by atoms with Gasteiger partial charge in [0.1, 0.15) is 6.04 Å². The van der Waals surface area contributed by atoms with Crippen LogP contribution in [-0.2, 0) is 19.6 Å². The Bertz CT molecular complexity index is 632. The van der Waals surface area contributed by atoms with Gasteiger partial charge in [-0.2, -0.15) is 4.72 Å². The third-order valence-electron chi connectivity index (χ3n) is 2.62.